The average Bonchev–Trinajstić information content (AvgIpc) is 2.96. The fraction of sp³-hybridized carbons (Fsp3) is 0.188. The molecule has 218 valence electrons. The summed E-state index contributed by atoms with van der Waals surface area (Å²) >= 11 is 0. The summed E-state index contributed by atoms with van der Waals surface area (Å²) in [6, 6.07) is 31.3. The van der Waals surface area contributed by atoms with Crippen LogP contribution in [0.4, 0.5) is 0 Å². The topological polar surface area (TPSA) is 133 Å². The molecule has 0 aromatic heterocycles. The molecule has 8 nitrogen and oxygen atoms in total. The third-order valence-corrected chi connectivity index (χ3v) is 8.41. The van der Waals surface area contributed by atoms with Crippen LogP contribution in [0, 0.1) is 0 Å². The van der Waals surface area contributed by atoms with Gasteiger partial charge in [-0.05, 0) is 51.6 Å². The average molecular weight is 651 g/mol. The van der Waals surface area contributed by atoms with Crippen molar-refractivity contribution in [3.63, 3.8) is 0 Å². The Kier molecular flexibility index (Phi) is 13.3. The standard InChI is InChI=1S/C32H30O8S2.2Na/c33-41(34,35)19-7-17-39-31-22-32(40-18-8-20-42(36,37)38)30(28-16-6-12-24-10-2-4-14-26(24)28)21-29(31)27-15-5-11-23-9-1-3-13-25(23)27;;/h1-6,9-16,21-22H,7-8,17-20H2,(H,33,34,35)(H,36,37,38);;/q;2*+1/p-2. The molecule has 0 aliphatic rings. The van der Waals surface area contributed by atoms with E-state index in [1.807, 2.05) is 91.0 Å². The monoisotopic (exact) mass is 650 g/mol. The van der Waals surface area contributed by atoms with E-state index in [9.17, 15) is 25.9 Å². The molecule has 0 saturated heterocycles. The number of fused-ring (bicyclic) bond motifs is 2. The molecule has 44 heavy (non-hydrogen) atoms. The van der Waals surface area contributed by atoms with Crippen molar-refractivity contribution in [1.82, 2.24) is 0 Å². The fourth-order valence-corrected chi connectivity index (χ4v) is 5.92. The Hall–Kier alpha value is -1.96. The van der Waals surface area contributed by atoms with E-state index in [4.69, 9.17) is 9.47 Å². The van der Waals surface area contributed by atoms with Gasteiger partial charge in [0.05, 0.1) is 33.5 Å². The van der Waals surface area contributed by atoms with Crippen LogP contribution in [0.25, 0.3) is 43.8 Å². The van der Waals surface area contributed by atoms with Crippen LogP contribution in [0.5, 0.6) is 11.5 Å². The van der Waals surface area contributed by atoms with Gasteiger partial charge in [-0.3, -0.25) is 0 Å². The largest absolute Gasteiger partial charge is 1.00 e. The molecule has 5 aromatic rings. The number of rotatable bonds is 12. The van der Waals surface area contributed by atoms with Crippen LogP contribution in [0.1, 0.15) is 12.8 Å². The van der Waals surface area contributed by atoms with E-state index in [1.54, 1.807) is 6.07 Å². The maximum absolute atomic E-state index is 11.2. The molecule has 0 aliphatic carbocycles. The van der Waals surface area contributed by atoms with E-state index in [1.165, 1.54) is 0 Å². The van der Waals surface area contributed by atoms with Gasteiger partial charge in [0.1, 0.15) is 11.5 Å². The van der Waals surface area contributed by atoms with Crippen molar-refractivity contribution >= 4 is 41.8 Å². The smallest absolute Gasteiger partial charge is 0.748 e. The van der Waals surface area contributed by atoms with E-state index < -0.39 is 31.7 Å². The Labute approximate surface area is 301 Å². The van der Waals surface area contributed by atoms with E-state index >= 15 is 0 Å². The Balaban J connectivity index is 0.00000264. The Morgan fingerprint density at radius 1 is 0.500 bits per heavy atom. The summed E-state index contributed by atoms with van der Waals surface area (Å²) in [6.45, 7) is -0.0541. The van der Waals surface area contributed by atoms with Crippen LogP contribution in [0.2, 0.25) is 0 Å². The molecule has 0 spiro atoms. The molecule has 5 rings (SSSR count). The van der Waals surface area contributed by atoms with Crippen molar-refractivity contribution in [2.45, 2.75) is 12.8 Å². The molecule has 0 unspecified atom stereocenters. The van der Waals surface area contributed by atoms with Crippen molar-refractivity contribution in [2.24, 2.45) is 0 Å². The number of hydrogen-bond acceptors (Lipinski definition) is 8. The number of ether oxygens (including phenoxy) is 2. The van der Waals surface area contributed by atoms with Gasteiger partial charge >= 0.3 is 59.1 Å². The molecule has 0 saturated carbocycles. The summed E-state index contributed by atoms with van der Waals surface area (Å²) in [6.07, 6.45) is 0.00682. The zero-order valence-electron chi connectivity index (χ0n) is 24.6. The molecule has 0 N–H and O–H groups in total. The minimum absolute atomic E-state index is 0. The summed E-state index contributed by atoms with van der Waals surface area (Å²) in [7, 11) is -8.80. The third kappa shape index (κ3) is 9.53. The van der Waals surface area contributed by atoms with Crippen molar-refractivity contribution in [2.75, 3.05) is 24.7 Å². The molecule has 0 amide bonds. The van der Waals surface area contributed by atoms with Gasteiger partial charge in [0, 0.05) is 28.7 Å². The number of benzene rings is 5. The molecule has 0 heterocycles. The second-order valence-electron chi connectivity index (χ2n) is 9.83. The Morgan fingerprint density at radius 2 is 0.886 bits per heavy atom. The summed E-state index contributed by atoms with van der Waals surface area (Å²) in [5.74, 6) is -0.301. The van der Waals surface area contributed by atoms with Crippen molar-refractivity contribution in [1.29, 1.82) is 0 Å². The van der Waals surface area contributed by atoms with Gasteiger partial charge in [0.25, 0.3) is 0 Å². The fourth-order valence-electron chi connectivity index (χ4n) is 4.98. The SMILES string of the molecule is O=S(=O)([O-])CCCOc1cc(OCCCS(=O)(=O)[O-])c(-c2cccc3ccccc23)cc1-c1cccc2ccccc12.[Na+].[Na+]. The molecule has 5 aromatic carbocycles. The third-order valence-electron chi connectivity index (χ3n) is 6.83. The van der Waals surface area contributed by atoms with Gasteiger partial charge in [-0.1, -0.05) is 84.9 Å². The van der Waals surface area contributed by atoms with Crippen molar-refractivity contribution in [3.8, 4) is 33.8 Å². The molecule has 12 heteroatoms. The maximum atomic E-state index is 11.2. The molecule has 0 atom stereocenters. The molecule has 0 fully saturated rings. The second kappa shape index (κ2) is 16.0. The van der Waals surface area contributed by atoms with Crippen LogP contribution in [-0.2, 0) is 20.2 Å². The first-order chi connectivity index (χ1) is 20.1. The summed E-state index contributed by atoms with van der Waals surface area (Å²) in [5, 5.41) is 3.99. The van der Waals surface area contributed by atoms with E-state index in [2.05, 4.69) is 0 Å². The summed E-state index contributed by atoms with van der Waals surface area (Å²) in [4.78, 5) is 0. The molecule has 0 bridgehead atoms. The predicted octanol–water partition coefficient (Wildman–Crippen LogP) is -0.0368. The van der Waals surface area contributed by atoms with Crippen LogP contribution in [0.15, 0.2) is 97.1 Å². The van der Waals surface area contributed by atoms with Crippen molar-refractivity contribution < 1.29 is 94.5 Å². The molecular formula is C32H28Na2O8S2. The molecular weight excluding hydrogens is 622 g/mol. The van der Waals surface area contributed by atoms with Gasteiger partial charge in [0.15, 0.2) is 0 Å². The summed E-state index contributed by atoms with van der Waals surface area (Å²) < 4.78 is 79.1. The van der Waals surface area contributed by atoms with Crippen LogP contribution < -0.4 is 68.6 Å². The Bertz CT molecular complexity index is 1810. The molecule has 0 radical (unpaired) electrons. The van der Waals surface area contributed by atoms with Crippen LogP contribution >= 0.6 is 0 Å². The van der Waals surface area contributed by atoms with Gasteiger partial charge < -0.3 is 18.6 Å². The maximum Gasteiger partial charge on any atom is 1.00 e. The zero-order valence-corrected chi connectivity index (χ0v) is 30.2. The van der Waals surface area contributed by atoms with Gasteiger partial charge in [-0.2, -0.15) is 0 Å². The first kappa shape index (κ1) is 36.5. The van der Waals surface area contributed by atoms with Crippen molar-refractivity contribution in [3.05, 3.63) is 97.1 Å². The predicted molar refractivity (Wildman–Crippen MR) is 162 cm³/mol. The Morgan fingerprint density at radius 3 is 1.30 bits per heavy atom. The van der Waals surface area contributed by atoms with Gasteiger partial charge in [0.2, 0.25) is 0 Å². The first-order valence-electron chi connectivity index (χ1n) is 13.4. The summed E-state index contributed by atoms with van der Waals surface area (Å²) in [5.41, 5.74) is 3.22. The van der Waals surface area contributed by atoms with Gasteiger partial charge in [-0.15, -0.1) is 0 Å². The van der Waals surface area contributed by atoms with E-state index in [0.717, 1.165) is 43.8 Å². The van der Waals surface area contributed by atoms with E-state index in [0.29, 0.717) is 11.5 Å². The minimum atomic E-state index is -4.40. The second-order valence-corrected chi connectivity index (χ2v) is 12.9. The number of hydrogen-bond donors (Lipinski definition) is 0. The quantitative estimate of drug-likeness (QED) is 0.104. The normalized spacial score (nSPS) is 11.5. The van der Waals surface area contributed by atoms with Crippen LogP contribution in [-0.4, -0.2) is 50.7 Å². The minimum Gasteiger partial charge on any atom is -0.748 e. The van der Waals surface area contributed by atoms with Gasteiger partial charge in [-0.25, -0.2) is 16.8 Å². The van der Waals surface area contributed by atoms with Crippen LogP contribution in [0.3, 0.4) is 0 Å². The molecule has 0 aliphatic heterocycles. The van der Waals surface area contributed by atoms with E-state index in [-0.39, 0.29) is 85.2 Å². The zero-order chi connectivity index (χ0) is 29.7. The first-order valence-corrected chi connectivity index (χ1v) is 16.5.